The molecule has 2 aromatic heterocycles. The van der Waals surface area contributed by atoms with E-state index in [0.29, 0.717) is 37.3 Å². The van der Waals surface area contributed by atoms with Crippen molar-refractivity contribution in [2.45, 2.75) is 33.2 Å². The van der Waals surface area contributed by atoms with Crippen molar-refractivity contribution >= 4 is 23.2 Å². The molecule has 1 amide bonds. The maximum Gasteiger partial charge on any atom is 0.287 e. The molecular weight excluding hydrogens is 338 g/mol. The van der Waals surface area contributed by atoms with Crippen LogP contribution in [0, 0.1) is 0 Å². The maximum atomic E-state index is 11.8. The van der Waals surface area contributed by atoms with Crippen molar-refractivity contribution in [3.05, 3.63) is 40.2 Å². The Labute approximate surface area is 151 Å². The first-order valence-corrected chi connectivity index (χ1v) is 9.26. The number of amides is 1. The molecule has 0 bridgehead atoms. The highest BCUT2D eigenvalue weighted by molar-refractivity contribution is 7.09. The average molecular weight is 363 g/mol. The number of thiazole rings is 1. The van der Waals surface area contributed by atoms with Gasteiger partial charge in [-0.2, -0.15) is 0 Å². The largest absolute Gasteiger partial charge is 0.459 e. The third kappa shape index (κ3) is 6.22. The maximum absolute atomic E-state index is 11.8. The number of rotatable bonds is 8. The predicted octanol–water partition coefficient (Wildman–Crippen LogP) is 2.34. The number of guanidine groups is 1. The molecule has 0 fully saturated rings. The summed E-state index contributed by atoms with van der Waals surface area (Å²) in [6.45, 7) is 8.60. The minimum atomic E-state index is -0.224. The van der Waals surface area contributed by atoms with Crippen LogP contribution in [0.2, 0.25) is 0 Å². The molecule has 2 heterocycles. The fourth-order valence-electron chi connectivity index (χ4n) is 2.00. The van der Waals surface area contributed by atoms with Crippen LogP contribution in [0.4, 0.5) is 0 Å². The summed E-state index contributed by atoms with van der Waals surface area (Å²) < 4.78 is 5.04. The van der Waals surface area contributed by atoms with Crippen LogP contribution in [0.15, 0.2) is 33.2 Å². The number of furan rings is 1. The molecule has 0 radical (unpaired) electrons. The highest BCUT2D eigenvalue weighted by atomic mass is 32.1. The van der Waals surface area contributed by atoms with Gasteiger partial charge in [0.25, 0.3) is 5.91 Å². The quantitative estimate of drug-likeness (QED) is 0.380. The standard InChI is InChI=1S/C17H25N5O2S/c1-4-18-17(21-10-15-22-13(11-25-15)12(2)3)20-8-7-19-16(23)14-6-5-9-24-14/h5-6,9,11-12H,4,7-8,10H2,1-3H3,(H,19,23)(H2,18,20,21). The van der Waals surface area contributed by atoms with Crippen LogP contribution in [-0.4, -0.2) is 36.5 Å². The number of nitrogens with zero attached hydrogens (tertiary/aromatic N) is 2. The Bertz CT molecular complexity index is 679. The van der Waals surface area contributed by atoms with E-state index in [4.69, 9.17) is 4.42 Å². The lowest BCUT2D eigenvalue weighted by atomic mass is 10.2. The fourth-order valence-corrected chi connectivity index (χ4v) is 2.88. The van der Waals surface area contributed by atoms with Crippen LogP contribution < -0.4 is 16.0 Å². The van der Waals surface area contributed by atoms with Crippen LogP contribution in [0.5, 0.6) is 0 Å². The Balaban J connectivity index is 1.78. The highest BCUT2D eigenvalue weighted by Crippen LogP contribution is 2.18. The van der Waals surface area contributed by atoms with E-state index in [-0.39, 0.29) is 5.91 Å². The van der Waals surface area contributed by atoms with Gasteiger partial charge in [0.2, 0.25) is 0 Å². The van der Waals surface area contributed by atoms with Gasteiger partial charge in [0.15, 0.2) is 11.7 Å². The Kier molecular flexibility index (Phi) is 7.46. The van der Waals surface area contributed by atoms with Crippen LogP contribution >= 0.6 is 11.3 Å². The lowest BCUT2D eigenvalue weighted by molar-refractivity contribution is 0.0926. The Hall–Kier alpha value is -2.35. The van der Waals surface area contributed by atoms with Crippen molar-refractivity contribution in [2.75, 3.05) is 19.6 Å². The number of carbonyl (C=O) groups excluding carboxylic acids is 1. The molecule has 0 saturated heterocycles. The molecule has 3 N–H and O–H groups in total. The van der Waals surface area contributed by atoms with Gasteiger partial charge in [-0.15, -0.1) is 11.3 Å². The first kappa shape index (κ1) is 19.0. The number of hydrogen-bond donors (Lipinski definition) is 3. The minimum absolute atomic E-state index is 0.224. The summed E-state index contributed by atoms with van der Waals surface area (Å²) >= 11 is 1.63. The minimum Gasteiger partial charge on any atom is -0.459 e. The number of carbonyl (C=O) groups is 1. The number of hydrogen-bond acceptors (Lipinski definition) is 5. The molecular formula is C17H25N5O2S. The Morgan fingerprint density at radius 2 is 2.12 bits per heavy atom. The highest BCUT2D eigenvalue weighted by Gasteiger charge is 2.08. The van der Waals surface area contributed by atoms with Crippen molar-refractivity contribution in [3.63, 3.8) is 0 Å². The molecule has 7 nitrogen and oxygen atoms in total. The van der Waals surface area contributed by atoms with E-state index in [1.807, 2.05) is 6.92 Å². The topological polar surface area (TPSA) is 91.5 Å². The zero-order chi connectivity index (χ0) is 18.1. The zero-order valence-corrected chi connectivity index (χ0v) is 15.7. The molecule has 8 heteroatoms. The second kappa shape index (κ2) is 9.83. The lowest BCUT2D eigenvalue weighted by Gasteiger charge is -2.11. The number of aromatic nitrogens is 1. The third-order valence-corrected chi connectivity index (χ3v) is 4.18. The van der Waals surface area contributed by atoms with E-state index >= 15 is 0 Å². The number of aliphatic imine (C=N–C) groups is 1. The molecule has 0 aliphatic heterocycles. The molecule has 136 valence electrons. The van der Waals surface area contributed by atoms with Gasteiger partial charge in [-0.1, -0.05) is 13.8 Å². The first-order valence-electron chi connectivity index (χ1n) is 8.38. The molecule has 0 aromatic carbocycles. The molecule has 2 rings (SSSR count). The first-order chi connectivity index (χ1) is 12.1. The summed E-state index contributed by atoms with van der Waals surface area (Å²) in [7, 11) is 0. The average Bonchev–Trinajstić information content (AvgIpc) is 3.27. The monoisotopic (exact) mass is 363 g/mol. The second-order valence-electron chi connectivity index (χ2n) is 5.68. The molecule has 0 unspecified atom stereocenters. The van der Waals surface area contributed by atoms with E-state index < -0.39 is 0 Å². The van der Waals surface area contributed by atoms with Crippen molar-refractivity contribution in [1.82, 2.24) is 20.9 Å². The SMILES string of the molecule is CCNC(=NCc1nc(C(C)C)cs1)NCCNC(=O)c1ccco1. The molecule has 0 atom stereocenters. The lowest BCUT2D eigenvalue weighted by Crippen LogP contribution is -2.41. The van der Waals surface area contributed by atoms with Gasteiger partial charge in [0, 0.05) is 25.0 Å². The van der Waals surface area contributed by atoms with E-state index in [9.17, 15) is 4.79 Å². The van der Waals surface area contributed by atoms with Gasteiger partial charge in [-0.25, -0.2) is 9.98 Å². The zero-order valence-electron chi connectivity index (χ0n) is 14.8. The molecule has 0 saturated carbocycles. The van der Waals surface area contributed by atoms with E-state index in [0.717, 1.165) is 17.2 Å². The van der Waals surface area contributed by atoms with Crippen molar-refractivity contribution in [3.8, 4) is 0 Å². The van der Waals surface area contributed by atoms with Gasteiger partial charge in [0.1, 0.15) is 5.01 Å². The summed E-state index contributed by atoms with van der Waals surface area (Å²) in [4.78, 5) is 20.9. The van der Waals surface area contributed by atoms with Gasteiger partial charge in [0.05, 0.1) is 18.5 Å². The molecule has 0 spiro atoms. The summed E-state index contributed by atoms with van der Waals surface area (Å²) in [5.74, 6) is 1.22. The van der Waals surface area contributed by atoms with E-state index in [2.05, 4.69) is 45.2 Å². The summed E-state index contributed by atoms with van der Waals surface area (Å²) in [6.07, 6.45) is 1.48. The van der Waals surface area contributed by atoms with Crippen molar-refractivity contribution < 1.29 is 9.21 Å². The Morgan fingerprint density at radius 3 is 2.76 bits per heavy atom. The van der Waals surface area contributed by atoms with E-state index in [1.165, 1.54) is 6.26 Å². The van der Waals surface area contributed by atoms with Crippen LogP contribution in [0.25, 0.3) is 0 Å². The van der Waals surface area contributed by atoms with Crippen molar-refractivity contribution in [2.24, 2.45) is 4.99 Å². The molecule has 2 aromatic rings. The van der Waals surface area contributed by atoms with Gasteiger partial charge >= 0.3 is 0 Å². The van der Waals surface area contributed by atoms with Crippen LogP contribution in [0.1, 0.15) is 47.9 Å². The van der Waals surface area contributed by atoms with Crippen molar-refractivity contribution in [1.29, 1.82) is 0 Å². The van der Waals surface area contributed by atoms with Crippen LogP contribution in [0.3, 0.4) is 0 Å². The fraction of sp³-hybridized carbons (Fsp3) is 0.471. The summed E-state index contributed by atoms with van der Waals surface area (Å²) in [5, 5.41) is 12.2. The Morgan fingerprint density at radius 1 is 1.32 bits per heavy atom. The smallest absolute Gasteiger partial charge is 0.287 e. The second-order valence-corrected chi connectivity index (χ2v) is 6.62. The van der Waals surface area contributed by atoms with E-state index in [1.54, 1.807) is 23.5 Å². The molecule has 25 heavy (non-hydrogen) atoms. The normalized spacial score (nSPS) is 11.6. The third-order valence-electron chi connectivity index (χ3n) is 3.33. The summed E-state index contributed by atoms with van der Waals surface area (Å²) in [5.41, 5.74) is 1.11. The predicted molar refractivity (Wildman–Crippen MR) is 100 cm³/mol. The van der Waals surface area contributed by atoms with Gasteiger partial charge in [-0.05, 0) is 25.0 Å². The molecule has 0 aliphatic rings. The van der Waals surface area contributed by atoms with Gasteiger partial charge in [-0.3, -0.25) is 4.79 Å². The molecule has 0 aliphatic carbocycles. The summed E-state index contributed by atoms with van der Waals surface area (Å²) in [6, 6.07) is 3.32. The number of nitrogens with one attached hydrogen (secondary N) is 3. The van der Waals surface area contributed by atoms with Gasteiger partial charge < -0.3 is 20.4 Å². The van der Waals surface area contributed by atoms with Crippen LogP contribution in [-0.2, 0) is 6.54 Å².